The molecule has 0 aliphatic rings. The van der Waals surface area contributed by atoms with Crippen molar-refractivity contribution in [3.63, 3.8) is 0 Å². The molecular formula is C15H18N2O2S. The van der Waals surface area contributed by atoms with Crippen LogP contribution in [0.4, 0.5) is 5.82 Å². The number of nitrogens with one attached hydrogen (secondary N) is 1. The predicted octanol–water partition coefficient (Wildman–Crippen LogP) is 3.12. The smallest absolute Gasteiger partial charge is 0.263 e. The lowest BCUT2D eigenvalue weighted by Gasteiger charge is -2.12. The molecule has 1 aromatic heterocycles. The van der Waals surface area contributed by atoms with Crippen molar-refractivity contribution in [3.05, 3.63) is 52.7 Å². The highest BCUT2D eigenvalue weighted by molar-refractivity contribution is 7.92. The maximum atomic E-state index is 12.4. The van der Waals surface area contributed by atoms with E-state index in [9.17, 15) is 8.42 Å². The van der Waals surface area contributed by atoms with Crippen molar-refractivity contribution >= 4 is 15.8 Å². The van der Waals surface area contributed by atoms with Crippen LogP contribution >= 0.6 is 0 Å². The van der Waals surface area contributed by atoms with Crippen LogP contribution in [0.5, 0.6) is 0 Å². The molecule has 20 heavy (non-hydrogen) atoms. The summed E-state index contributed by atoms with van der Waals surface area (Å²) in [5.74, 6) is 0.336. The minimum Gasteiger partial charge on any atom is -0.263 e. The fourth-order valence-corrected chi connectivity index (χ4v) is 3.33. The molecule has 0 radical (unpaired) electrons. The standard InChI is InChI=1S/C15H18N2O2S/c1-10-8-12(3)14(9-11(10)2)20(18,19)17-15-7-5-6-13(4)16-15/h5-9H,1-4H3,(H,16,17). The van der Waals surface area contributed by atoms with Gasteiger partial charge in [-0.1, -0.05) is 12.1 Å². The van der Waals surface area contributed by atoms with Crippen molar-refractivity contribution < 1.29 is 8.42 Å². The molecule has 0 amide bonds. The molecule has 1 aromatic carbocycles. The Kier molecular flexibility index (Phi) is 3.81. The Morgan fingerprint density at radius 3 is 2.25 bits per heavy atom. The first-order valence-electron chi connectivity index (χ1n) is 6.34. The molecule has 0 saturated heterocycles. The highest BCUT2D eigenvalue weighted by Crippen LogP contribution is 2.22. The summed E-state index contributed by atoms with van der Waals surface area (Å²) in [5.41, 5.74) is 3.53. The molecule has 5 heteroatoms. The van der Waals surface area contributed by atoms with Gasteiger partial charge in [-0.05, 0) is 62.6 Å². The second-order valence-electron chi connectivity index (χ2n) is 4.97. The summed E-state index contributed by atoms with van der Waals surface area (Å²) in [6.45, 7) is 7.48. The molecule has 0 bridgehead atoms. The van der Waals surface area contributed by atoms with Crippen LogP contribution in [-0.2, 0) is 10.0 Å². The van der Waals surface area contributed by atoms with Crippen molar-refractivity contribution in [2.24, 2.45) is 0 Å². The first-order valence-corrected chi connectivity index (χ1v) is 7.82. The number of anilines is 1. The Morgan fingerprint density at radius 1 is 0.950 bits per heavy atom. The van der Waals surface area contributed by atoms with Crippen LogP contribution in [0, 0.1) is 27.7 Å². The first kappa shape index (κ1) is 14.5. The van der Waals surface area contributed by atoms with Gasteiger partial charge in [0.15, 0.2) is 0 Å². The Hall–Kier alpha value is -1.88. The van der Waals surface area contributed by atoms with Gasteiger partial charge in [0.05, 0.1) is 4.90 Å². The van der Waals surface area contributed by atoms with Gasteiger partial charge in [0, 0.05) is 5.69 Å². The van der Waals surface area contributed by atoms with Gasteiger partial charge >= 0.3 is 0 Å². The van der Waals surface area contributed by atoms with Crippen molar-refractivity contribution in [1.29, 1.82) is 0 Å². The zero-order valence-corrected chi connectivity index (χ0v) is 12.9. The summed E-state index contributed by atoms with van der Waals surface area (Å²) in [4.78, 5) is 4.46. The van der Waals surface area contributed by atoms with Crippen molar-refractivity contribution in [2.45, 2.75) is 32.6 Å². The van der Waals surface area contributed by atoms with Gasteiger partial charge < -0.3 is 0 Å². The van der Waals surface area contributed by atoms with Crippen LogP contribution in [0.15, 0.2) is 35.2 Å². The summed E-state index contributed by atoms with van der Waals surface area (Å²) in [6, 6.07) is 8.81. The van der Waals surface area contributed by atoms with Crippen molar-refractivity contribution in [2.75, 3.05) is 4.72 Å². The second-order valence-corrected chi connectivity index (χ2v) is 6.62. The van der Waals surface area contributed by atoms with E-state index in [2.05, 4.69) is 9.71 Å². The SMILES string of the molecule is Cc1cccc(NS(=O)(=O)c2cc(C)c(C)cc2C)n1. The number of benzene rings is 1. The monoisotopic (exact) mass is 290 g/mol. The molecule has 2 aromatic rings. The van der Waals surface area contributed by atoms with E-state index in [0.717, 1.165) is 22.4 Å². The molecule has 1 heterocycles. The largest absolute Gasteiger partial charge is 0.263 e. The number of aryl methyl sites for hydroxylation is 4. The van der Waals surface area contributed by atoms with E-state index in [-0.39, 0.29) is 0 Å². The molecule has 4 nitrogen and oxygen atoms in total. The van der Waals surface area contributed by atoms with Crippen LogP contribution in [0.2, 0.25) is 0 Å². The van der Waals surface area contributed by atoms with Gasteiger partial charge in [-0.15, -0.1) is 0 Å². The van der Waals surface area contributed by atoms with Crippen LogP contribution in [-0.4, -0.2) is 13.4 Å². The van der Waals surface area contributed by atoms with Crippen molar-refractivity contribution in [3.8, 4) is 0 Å². The molecule has 0 unspecified atom stereocenters. The number of hydrogen-bond donors (Lipinski definition) is 1. The lowest BCUT2D eigenvalue weighted by atomic mass is 10.1. The molecule has 0 atom stereocenters. The highest BCUT2D eigenvalue weighted by Gasteiger charge is 2.18. The molecule has 0 spiro atoms. The van der Waals surface area contributed by atoms with Gasteiger partial charge in [0.1, 0.15) is 5.82 Å². The van der Waals surface area contributed by atoms with Crippen LogP contribution < -0.4 is 4.72 Å². The Labute approximate surface area is 119 Å². The summed E-state index contributed by atoms with van der Waals surface area (Å²) in [6.07, 6.45) is 0. The second kappa shape index (κ2) is 5.25. The number of aromatic nitrogens is 1. The molecule has 0 aliphatic carbocycles. The zero-order valence-electron chi connectivity index (χ0n) is 12.1. The van der Waals surface area contributed by atoms with Crippen LogP contribution in [0.3, 0.4) is 0 Å². The quantitative estimate of drug-likeness (QED) is 0.945. The number of rotatable bonds is 3. The molecule has 106 valence electrons. The summed E-state index contributed by atoms with van der Waals surface area (Å²) < 4.78 is 27.4. The van der Waals surface area contributed by atoms with Gasteiger partial charge in [-0.3, -0.25) is 4.72 Å². The Morgan fingerprint density at radius 2 is 1.60 bits per heavy atom. The Balaban J connectivity index is 2.43. The minimum absolute atomic E-state index is 0.295. The van der Waals surface area contributed by atoms with E-state index in [1.54, 1.807) is 25.1 Å². The van der Waals surface area contributed by atoms with E-state index < -0.39 is 10.0 Å². The first-order chi connectivity index (χ1) is 9.29. The van der Waals surface area contributed by atoms with E-state index >= 15 is 0 Å². The molecule has 0 saturated carbocycles. The average molecular weight is 290 g/mol. The van der Waals surface area contributed by atoms with Crippen molar-refractivity contribution in [1.82, 2.24) is 4.98 Å². The molecule has 0 fully saturated rings. The normalized spacial score (nSPS) is 11.4. The summed E-state index contributed by atoms with van der Waals surface area (Å²) >= 11 is 0. The lowest BCUT2D eigenvalue weighted by Crippen LogP contribution is -2.15. The summed E-state index contributed by atoms with van der Waals surface area (Å²) in [7, 11) is -3.61. The predicted molar refractivity (Wildman–Crippen MR) is 80.4 cm³/mol. The van der Waals surface area contributed by atoms with Gasteiger partial charge in [0.2, 0.25) is 0 Å². The third kappa shape index (κ3) is 2.99. The molecule has 2 rings (SSSR count). The number of pyridine rings is 1. The number of sulfonamides is 1. The van der Waals surface area contributed by atoms with Crippen LogP contribution in [0.25, 0.3) is 0 Å². The van der Waals surface area contributed by atoms with Gasteiger partial charge in [-0.2, -0.15) is 0 Å². The lowest BCUT2D eigenvalue weighted by molar-refractivity contribution is 0.600. The zero-order chi connectivity index (χ0) is 14.9. The third-order valence-electron chi connectivity index (χ3n) is 3.21. The minimum atomic E-state index is -3.61. The maximum Gasteiger partial charge on any atom is 0.263 e. The van der Waals surface area contributed by atoms with Gasteiger partial charge in [-0.25, -0.2) is 13.4 Å². The third-order valence-corrected chi connectivity index (χ3v) is 4.70. The fourth-order valence-electron chi connectivity index (χ4n) is 2.02. The van der Waals surface area contributed by atoms with E-state index in [4.69, 9.17) is 0 Å². The molecule has 1 N–H and O–H groups in total. The molecule has 0 aliphatic heterocycles. The fraction of sp³-hybridized carbons (Fsp3) is 0.267. The topological polar surface area (TPSA) is 59.1 Å². The van der Waals surface area contributed by atoms with Gasteiger partial charge in [0.25, 0.3) is 10.0 Å². The maximum absolute atomic E-state index is 12.4. The summed E-state index contributed by atoms with van der Waals surface area (Å²) in [5, 5.41) is 0. The highest BCUT2D eigenvalue weighted by atomic mass is 32.2. The van der Waals surface area contributed by atoms with E-state index in [0.29, 0.717) is 10.7 Å². The van der Waals surface area contributed by atoms with Crippen LogP contribution in [0.1, 0.15) is 22.4 Å². The van der Waals surface area contributed by atoms with E-state index in [1.165, 1.54) is 0 Å². The van der Waals surface area contributed by atoms with E-state index in [1.807, 2.05) is 32.9 Å². The molecular weight excluding hydrogens is 272 g/mol. The Bertz CT molecular complexity index is 752. The average Bonchev–Trinajstić information content (AvgIpc) is 2.33. The number of nitrogens with zero attached hydrogens (tertiary/aromatic N) is 1. The number of hydrogen-bond acceptors (Lipinski definition) is 3.